The number of aliphatic imine (C=N–C) groups is 1. The summed E-state index contributed by atoms with van der Waals surface area (Å²) < 4.78 is 5.77. The number of rotatable bonds is 4. The van der Waals surface area contributed by atoms with E-state index in [1.807, 2.05) is 43.3 Å². The Morgan fingerprint density at radius 1 is 1.16 bits per heavy atom. The molecule has 0 aromatic heterocycles. The fourth-order valence-electron chi connectivity index (χ4n) is 3.07. The van der Waals surface area contributed by atoms with Crippen molar-refractivity contribution >= 4 is 17.4 Å². The third-order valence-corrected chi connectivity index (χ3v) is 4.12. The van der Waals surface area contributed by atoms with Gasteiger partial charge in [-0.2, -0.15) is 4.99 Å². The maximum Gasteiger partial charge on any atom is 0.280 e. The summed E-state index contributed by atoms with van der Waals surface area (Å²) in [7, 11) is 0. The van der Waals surface area contributed by atoms with E-state index in [4.69, 9.17) is 16.2 Å². The number of carbonyl (C=O) groups is 1. The van der Waals surface area contributed by atoms with E-state index < -0.39 is 5.91 Å². The first-order valence-electron chi connectivity index (χ1n) is 8.29. The van der Waals surface area contributed by atoms with Crippen LogP contribution in [0, 0.1) is 0 Å². The van der Waals surface area contributed by atoms with Crippen molar-refractivity contribution < 1.29 is 9.53 Å². The molecule has 1 amide bonds. The van der Waals surface area contributed by atoms with Gasteiger partial charge in [-0.3, -0.25) is 4.79 Å². The molecule has 5 heteroatoms. The van der Waals surface area contributed by atoms with E-state index in [0.29, 0.717) is 12.2 Å². The van der Waals surface area contributed by atoms with Crippen LogP contribution in [0.5, 0.6) is 5.75 Å². The Morgan fingerprint density at radius 2 is 1.96 bits per heavy atom. The molecule has 0 radical (unpaired) electrons. The maximum atomic E-state index is 12.2. The average Bonchev–Trinajstić information content (AvgIpc) is 2.61. The molecule has 0 saturated heterocycles. The molecular formula is C20H21N3O2. The highest BCUT2D eigenvalue weighted by Gasteiger charge is 2.19. The van der Waals surface area contributed by atoms with Crippen molar-refractivity contribution in [3.05, 3.63) is 70.8 Å². The van der Waals surface area contributed by atoms with Crippen molar-refractivity contribution in [3.63, 3.8) is 0 Å². The Balaban J connectivity index is 2.07. The van der Waals surface area contributed by atoms with Crippen LogP contribution in [0.25, 0.3) is 5.57 Å². The Kier molecular flexibility index (Phi) is 4.84. The number of amides is 1. The minimum Gasteiger partial charge on any atom is -0.493 e. The number of hydrogen-bond acceptors (Lipinski definition) is 2. The molecule has 0 fully saturated rings. The van der Waals surface area contributed by atoms with Crippen LogP contribution in [-0.2, 0) is 6.42 Å². The zero-order valence-electron chi connectivity index (χ0n) is 14.2. The first kappa shape index (κ1) is 16.8. The third kappa shape index (κ3) is 3.55. The summed E-state index contributed by atoms with van der Waals surface area (Å²) in [5.41, 5.74) is 15.4. The van der Waals surface area contributed by atoms with Crippen molar-refractivity contribution in [1.29, 1.82) is 0 Å². The number of hydrogen-bond donors (Lipinski definition) is 2. The highest BCUT2D eigenvalue weighted by molar-refractivity contribution is 6.02. The molecule has 0 spiro atoms. The second-order valence-corrected chi connectivity index (χ2v) is 5.80. The number of benzene rings is 2. The molecular weight excluding hydrogens is 314 g/mol. The van der Waals surface area contributed by atoms with Crippen molar-refractivity contribution in [1.82, 2.24) is 0 Å². The number of para-hydroxylation sites is 1. The van der Waals surface area contributed by atoms with Crippen LogP contribution >= 0.6 is 0 Å². The molecule has 5 nitrogen and oxygen atoms in total. The zero-order valence-corrected chi connectivity index (χ0v) is 14.2. The third-order valence-electron chi connectivity index (χ3n) is 4.12. The fraction of sp³-hybridized carbons (Fsp3) is 0.200. The molecule has 3 rings (SSSR count). The van der Waals surface area contributed by atoms with E-state index in [-0.39, 0.29) is 5.96 Å². The molecule has 0 saturated carbocycles. The zero-order chi connectivity index (χ0) is 17.8. The summed E-state index contributed by atoms with van der Waals surface area (Å²) in [6.07, 6.45) is 4.07. The molecule has 25 heavy (non-hydrogen) atoms. The Hall–Kier alpha value is -3.08. The number of allylic oxidation sites excluding steroid dienone is 1. The smallest absolute Gasteiger partial charge is 0.280 e. The van der Waals surface area contributed by atoms with Crippen LogP contribution in [0.4, 0.5) is 0 Å². The van der Waals surface area contributed by atoms with Crippen LogP contribution < -0.4 is 16.2 Å². The van der Waals surface area contributed by atoms with Crippen LogP contribution in [0.1, 0.15) is 40.4 Å². The summed E-state index contributed by atoms with van der Waals surface area (Å²) >= 11 is 0. The van der Waals surface area contributed by atoms with Gasteiger partial charge in [-0.05, 0) is 54.7 Å². The number of aryl methyl sites for hydroxylation is 1. The normalized spacial score (nSPS) is 12.8. The number of carbonyl (C=O) groups excluding carboxylic acids is 1. The molecule has 0 aliphatic heterocycles. The first-order valence-corrected chi connectivity index (χ1v) is 8.29. The van der Waals surface area contributed by atoms with Gasteiger partial charge in [0.15, 0.2) is 5.96 Å². The SMILES string of the molecule is CCOc1ccccc1C1=CCCc2ccc(C(=O)N=C(N)N)cc21. The summed E-state index contributed by atoms with van der Waals surface area (Å²) in [5.74, 6) is 0.163. The van der Waals surface area contributed by atoms with E-state index in [2.05, 4.69) is 11.1 Å². The van der Waals surface area contributed by atoms with Crippen LogP contribution in [0.15, 0.2) is 53.5 Å². The van der Waals surface area contributed by atoms with Gasteiger partial charge < -0.3 is 16.2 Å². The average molecular weight is 335 g/mol. The molecule has 0 atom stereocenters. The second kappa shape index (κ2) is 7.21. The van der Waals surface area contributed by atoms with Gasteiger partial charge in [-0.25, -0.2) is 0 Å². The molecule has 2 aromatic carbocycles. The topological polar surface area (TPSA) is 90.7 Å². The van der Waals surface area contributed by atoms with Crippen LogP contribution in [-0.4, -0.2) is 18.5 Å². The van der Waals surface area contributed by atoms with Crippen molar-refractivity contribution in [3.8, 4) is 5.75 Å². The minimum atomic E-state index is -0.439. The first-order chi connectivity index (χ1) is 12.1. The van der Waals surface area contributed by atoms with Crippen molar-refractivity contribution in [2.45, 2.75) is 19.8 Å². The lowest BCUT2D eigenvalue weighted by molar-refractivity contribution is 0.100. The Bertz CT molecular complexity index is 865. The van der Waals surface area contributed by atoms with E-state index in [9.17, 15) is 4.79 Å². The monoisotopic (exact) mass is 335 g/mol. The van der Waals surface area contributed by atoms with Gasteiger partial charge in [0.1, 0.15) is 5.75 Å². The minimum absolute atomic E-state index is 0.236. The maximum absolute atomic E-state index is 12.2. The second-order valence-electron chi connectivity index (χ2n) is 5.80. The van der Waals surface area contributed by atoms with E-state index in [0.717, 1.165) is 35.3 Å². The highest BCUT2D eigenvalue weighted by Crippen LogP contribution is 2.36. The molecule has 1 aliphatic carbocycles. The van der Waals surface area contributed by atoms with Gasteiger partial charge in [0, 0.05) is 11.1 Å². The van der Waals surface area contributed by atoms with Crippen LogP contribution in [0.2, 0.25) is 0 Å². The standard InChI is InChI=1S/C20H21N3O2/c1-2-25-18-9-4-3-7-16(18)15-8-5-6-13-10-11-14(12-17(13)15)19(24)23-20(21)22/h3-4,7-12H,2,5-6H2,1H3,(H4,21,22,23,24). The number of nitrogens with zero attached hydrogens (tertiary/aromatic N) is 1. The largest absolute Gasteiger partial charge is 0.493 e. The van der Waals surface area contributed by atoms with E-state index in [1.54, 1.807) is 6.07 Å². The lowest BCUT2D eigenvalue weighted by Gasteiger charge is -2.21. The molecule has 0 unspecified atom stereocenters. The van der Waals surface area contributed by atoms with Crippen molar-refractivity contribution in [2.75, 3.05) is 6.61 Å². The van der Waals surface area contributed by atoms with Gasteiger partial charge in [-0.1, -0.05) is 30.3 Å². The molecule has 0 bridgehead atoms. The Labute approximate surface area is 147 Å². The highest BCUT2D eigenvalue weighted by atomic mass is 16.5. The molecule has 1 aliphatic rings. The molecule has 2 aromatic rings. The number of nitrogens with two attached hydrogens (primary N) is 2. The predicted molar refractivity (Wildman–Crippen MR) is 99.6 cm³/mol. The number of ether oxygens (including phenoxy) is 1. The summed E-state index contributed by atoms with van der Waals surface area (Å²) in [6.45, 7) is 2.56. The number of guanidine groups is 1. The van der Waals surface area contributed by atoms with E-state index >= 15 is 0 Å². The lowest BCUT2D eigenvalue weighted by atomic mass is 9.85. The van der Waals surface area contributed by atoms with Gasteiger partial charge in [0.05, 0.1) is 6.61 Å². The summed E-state index contributed by atoms with van der Waals surface area (Å²) in [6, 6.07) is 13.5. The van der Waals surface area contributed by atoms with Gasteiger partial charge >= 0.3 is 0 Å². The van der Waals surface area contributed by atoms with Crippen LogP contribution in [0.3, 0.4) is 0 Å². The Morgan fingerprint density at radius 3 is 2.72 bits per heavy atom. The number of fused-ring (bicyclic) bond motifs is 1. The molecule has 4 N–H and O–H groups in total. The van der Waals surface area contributed by atoms with Gasteiger partial charge in [0.2, 0.25) is 0 Å². The lowest BCUT2D eigenvalue weighted by Crippen LogP contribution is -2.24. The summed E-state index contributed by atoms with van der Waals surface area (Å²) in [4.78, 5) is 15.8. The van der Waals surface area contributed by atoms with E-state index in [1.165, 1.54) is 5.56 Å². The van der Waals surface area contributed by atoms with Gasteiger partial charge in [-0.15, -0.1) is 0 Å². The van der Waals surface area contributed by atoms with Gasteiger partial charge in [0.25, 0.3) is 5.91 Å². The fourth-order valence-corrected chi connectivity index (χ4v) is 3.07. The van der Waals surface area contributed by atoms with Crippen molar-refractivity contribution in [2.24, 2.45) is 16.5 Å². The molecule has 0 heterocycles. The predicted octanol–water partition coefficient (Wildman–Crippen LogP) is 2.88. The quantitative estimate of drug-likeness (QED) is 0.664. The summed E-state index contributed by atoms with van der Waals surface area (Å²) in [5, 5.41) is 0. The molecule has 128 valence electrons.